The fraction of sp³-hybridized carbons (Fsp3) is 0.0769. The van der Waals surface area contributed by atoms with Crippen LogP contribution in [0.25, 0.3) is 10.4 Å². The van der Waals surface area contributed by atoms with E-state index < -0.39 is 20.0 Å². The highest BCUT2D eigenvalue weighted by Crippen LogP contribution is 2.34. The van der Waals surface area contributed by atoms with Crippen molar-refractivity contribution >= 4 is 47.9 Å². The fourth-order valence-electron chi connectivity index (χ4n) is 3.43. The molecule has 3 aromatic carbocycles. The molecule has 0 aliphatic rings. The largest absolute Gasteiger partial charge is 0.549 e. The maximum Gasteiger partial charge on any atom is 0.549 e. The van der Waals surface area contributed by atoms with E-state index in [2.05, 4.69) is 5.32 Å². The van der Waals surface area contributed by atoms with Crippen molar-refractivity contribution in [2.45, 2.75) is 12.5 Å². The van der Waals surface area contributed by atoms with E-state index in [1.165, 1.54) is 0 Å². The van der Waals surface area contributed by atoms with Crippen LogP contribution in [0.15, 0.2) is 90.3 Å². The van der Waals surface area contributed by atoms with Gasteiger partial charge in [-0.2, -0.15) is 0 Å². The number of nitrogen functional groups attached to an aromatic ring is 1. The maximum atomic E-state index is 12.9. The first-order chi connectivity index (χ1) is 16.9. The van der Waals surface area contributed by atoms with E-state index in [1.807, 2.05) is 35.7 Å². The minimum absolute atomic E-state index is 0.147. The van der Waals surface area contributed by atoms with Crippen LogP contribution in [-0.4, -0.2) is 11.8 Å². The van der Waals surface area contributed by atoms with E-state index in [1.54, 1.807) is 65.9 Å². The second-order valence-electron chi connectivity index (χ2n) is 7.71. The monoisotopic (exact) mass is 504 g/mol. The number of amides is 2. The van der Waals surface area contributed by atoms with Crippen molar-refractivity contribution in [3.05, 3.63) is 101 Å². The number of nitrogens with one attached hydrogen (secondary N) is 1. The first kappa shape index (κ1) is 24.3. The third-order valence-electron chi connectivity index (χ3n) is 5.23. The lowest BCUT2D eigenvalue weighted by molar-refractivity contribution is -0.119. The van der Waals surface area contributed by atoms with Gasteiger partial charge in [-0.3, -0.25) is 9.59 Å². The van der Waals surface area contributed by atoms with Crippen LogP contribution in [0, 0.1) is 0 Å². The van der Waals surface area contributed by atoms with E-state index in [9.17, 15) is 14.2 Å². The van der Waals surface area contributed by atoms with Crippen molar-refractivity contribution in [1.82, 2.24) is 0 Å². The number of thiophene rings is 1. The number of rotatable bonds is 9. The predicted octanol–water partition coefficient (Wildman–Crippen LogP) is 5.25. The molecular formula is C26H23N3O4PS+. The summed E-state index contributed by atoms with van der Waals surface area (Å²) in [6, 6.07) is 24.7. The normalized spacial score (nSPS) is 12.1. The van der Waals surface area contributed by atoms with Crippen molar-refractivity contribution in [2.24, 2.45) is 5.73 Å². The molecule has 0 aliphatic carbocycles. The second-order valence-corrected chi connectivity index (χ2v) is 9.90. The highest BCUT2D eigenvalue weighted by Gasteiger charge is 2.30. The Balaban J connectivity index is 1.49. The van der Waals surface area contributed by atoms with E-state index >= 15 is 0 Å². The topological polar surface area (TPSA) is 125 Å². The molecule has 0 bridgehead atoms. The van der Waals surface area contributed by atoms with E-state index in [0.29, 0.717) is 27.8 Å². The summed E-state index contributed by atoms with van der Waals surface area (Å²) in [6.07, 6.45) is -0.961. The van der Waals surface area contributed by atoms with Gasteiger partial charge in [-0.1, -0.05) is 42.5 Å². The van der Waals surface area contributed by atoms with Crippen LogP contribution in [0.4, 0.5) is 11.4 Å². The molecule has 2 amide bonds. The van der Waals surface area contributed by atoms with Gasteiger partial charge in [0.2, 0.25) is 11.2 Å². The van der Waals surface area contributed by atoms with Gasteiger partial charge in [0.25, 0.3) is 5.91 Å². The van der Waals surface area contributed by atoms with Gasteiger partial charge in [-0.15, -0.1) is 15.9 Å². The Morgan fingerprint density at radius 2 is 1.71 bits per heavy atom. The quantitative estimate of drug-likeness (QED) is 0.212. The van der Waals surface area contributed by atoms with Crippen LogP contribution in [-0.2, 0) is 13.9 Å². The van der Waals surface area contributed by atoms with Crippen molar-refractivity contribution in [3.8, 4) is 10.4 Å². The van der Waals surface area contributed by atoms with Crippen LogP contribution in [0.3, 0.4) is 0 Å². The Bertz CT molecular complexity index is 1340. The number of carbonyl (C=O) groups is 2. The molecule has 0 saturated heterocycles. The molecule has 0 fully saturated rings. The van der Waals surface area contributed by atoms with Crippen molar-refractivity contribution < 1.29 is 18.7 Å². The second kappa shape index (κ2) is 11.1. The van der Waals surface area contributed by atoms with Crippen LogP contribution < -0.4 is 22.1 Å². The lowest BCUT2D eigenvalue weighted by Gasteiger charge is -2.12. The standard InChI is InChI=1S/C26H22N3O4PS/c27-21-13-12-19(24-7-4-14-35-24)15-22(21)29-26(31)18-10-8-17(9-11-18)23(16-25(28)30)33-34(32)20-5-2-1-3-6-20/h1-15,23H,16,27H2,(H2-,28,29,30,31)/p+1. The molecule has 176 valence electrons. The number of hydrogen-bond acceptors (Lipinski definition) is 6. The number of nitrogens with two attached hydrogens (primary N) is 2. The average molecular weight is 505 g/mol. The molecule has 0 saturated carbocycles. The smallest absolute Gasteiger partial charge is 0.397 e. The van der Waals surface area contributed by atoms with Gasteiger partial charge in [0.1, 0.15) is 6.10 Å². The number of anilines is 2. The zero-order valence-electron chi connectivity index (χ0n) is 18.6. The minimum atomic E-state index is -2.20. The molecule has 9 heteroatoms. The summed E-state index contributed by atoms with van der Waals surface area (Å²) in [7, 11) is -2.20. The molecule has 0 spiro atoms. The van der Waals surface area contributed by atoms with Gasteiger partial charge in [0.15, 0.2) is 0 Å². The van der Waals surface area contributed by atoms with Crippen molar-refractivity contribution in [3.63, 3.8) is 0 Å². The summed E-state index contributed by atoms with van der Waals surface area (Å²) in [5, 5.41) is 5.34. The molecule has 4 rings (SSSR count). The summed E-state index contributed by atoms with van der Waals surface area (Å²) >= 11 is 1.60. The SMILES string of the molecule is NC(=O)CC(O[P+](=O)c1ccccc1)c1ccc(C(=O)Nc2cc(-c3cccs3)ccc2N)cc1. The molecule has 35 heavy (non-hydrogen) atoms. The van der Waals surface area contributed by atoms with Crippen LogP contribution in [0.2, 0.25) is 0 Å². The number of hydrogen-bond donors (Lipinski definition) is 3. The van der Waals surface area contributed by atoms with Crippen LogP contribution in [0.5, 0.6) is 0 Å². The molecule has 0 aliphatic heterocycles. The van der Waals surface area contributed by atoms with Crippen LogP contribution in [0.1, 0.15) is 28.4 Å². The molecule has 5 N–H and O–H groups in total. The van der Waals surface area contributed by atoms with Crippen LogP contribution >= 0.6 is 19.4 Å². The predicted molar refractivity (Wildman–Crippen MR) is 140 cm³/mol. The molecule has 2 atom stereocenters. The average Bonchev–Trinajstić information content (AvgIpc) is 3.40. The first-order valence-corrected chi connectivity index (χ1v) is 12.8. The van der Waals surface area contributed by atoms with E-state index in [4.69, 9.17) is 16.0 Å². The van der Waals surface area contributed by atoms with Gasteiger partial charge < -0.3 is 16.8 Å². The summed E-state index contributed by atoms with van der Waals surface area (Å²) in [5.41, 5.74) is 14.4. The van der Waals surface area contributed by atoms with Crippen molar-refractivity contribution in [2.75, 3.05) is 11.1 Å². The van der Waals surface area contributed by atoms with Crippen molar-refractivity contribution in [1.29, 1.82) is 0 Å². The molecular weight excluding hydrogens is 481 g/mol. The Labute approximate surface area is 207 Å². The Morgan fingerprint density at radius 3 is 2.37 bits per heavy atom. The van der Waals surface area contributed by atoms with E-state index in [-0.39, 0.29) is 12.3 Å². The molecule has 0 radical (unpaired) electrons. The third-order valence-corrected chi connectivity index (χ3v) is 7.31. The zero-order chi connectivity index (χ0) is 24.8. The Hall–Kier alpha value is -3.84. The van der Waals surface area contributed by atoms with E-state index in [0.717, 1.165) is 10.4 Å². The Kier molecular flexibility index (Phi) is 7.67. The molecule has 2 unspecified atom stereocenters. The van der Waals surface area contributed by atoms with Gasteiger partial charge in [0.05, 0.1) is 17.8 Å². The Morgan fingerprint density at radius 1 is 0.971 bits per heavy atom. The summed E-state index contributed by atoms with van der Waals surface area (Å²) < 4.78 is 18.3. The summed E-state index contributed by atoms with van der Waals surface area (Å²) in [5.74, 6) is -0.927. The number of benzene rings is 3. The molecule has 7 nitrogen and oxygen atoms in total. The zero-order valence-corrected chi connectivity index (χ0v) is 20.3. The number of carbonyl (C=O) groups excluding carboxylic acids is 2. The highest BCUT2D eigenvalue weighted by atomic mass is 32.1. The maximum absolute atomic E-state index is 12.9. The van der Waals surface area contributed by atoms with Gasteiger partial charge in [-0.05, 0) is 63.5 Å². The lowest BCUT2D eigenvalue weighted by Crippen LogP contribution is -2.17. The third kappa shape index (κ3) is 6.19. The number of primary amides is 1. The molecule has 1 heterocycles. The summed E-state index contributed by atoms with van der Waals surface area (Å²) in [6.45, 7) is 0. The van der Waals surface area contributed by atoms with Gasteiger partial charge >= 0.3 is 8.03 Å². The molecule has 4 aromatic rings. The fourth-order valence-corrected chi connectivity index (χ4v) is 5.12. The molecule has 1 aromatic heterocycles. The van der Waals surface area contributed by atoms with Gasteiger partial charge in [0, 0.05) is 10.4 Å². The lowest BCUT2D eigenvalue weighted by atomic mass is 10.0. The van der Waals surface area contributed by atoms with Gasteiger partial charge in [-0.25, -0.2) is 0 Å². The minimum Gasteiger partial charge on any atom is -0.397 e. The summed E-state index contributed by atoms with van der Waals surface area (Å²) in [4.78, 5) is 25.5. The highest BCUT2D eigenvalue weighted by molar-refractivity contribution is 7.48. The first-order valence-electron chi connectivity index (χ1n) is 10.7.